The number of benzene rings is 4. The first kappa shape index (κ1) is 17.3. The minimum Gasteiger partial charge on any atom is -0.350 e. The van der Waals surface area contributed by atoms with Crippen LogP contribution in [0.5, 0.6) is 0 Å². The highest BCUT2D eigenvalue weighted by Crippen LogP contribution is 2.43. The molecule has 3 heteroatoms. The van der Waals surface area contributed by atoms with Crippen LogP contribution in [0.1, 0.15) is 5.56 Å². The van der Waals surface area contributed by atoms with Gasteiger partial charge in [0.1, 0.15) is 7.05 Å². The number of nitrogens with zero attached hydrogens (tertiary/aromatic N) is 2. The van der Waals surface area contributed by atoms with Crippen molar-refractivity contribution in [2.75, 3.05) is 0 Å². The van der Waals surface area contributed by atoms with E-state index in [0.29, 0.717) is 0 Å². The summed E-state index contributed by atoms with van der Waals surface area (Å²) in [7, 11) is 4.38. The van der Waals surface area contributed by atoms with Gasteiger partial charge in [0, 0.05) is 39.5 Å². The molecule has 0 aliphatic rings. The molecule has 7 aromatic rings. The third-order valence-electron chi connectivity index (χ3n) is 6.98. The first-order valence-corrected chi connectivity index (χ1v) is 11.5. The van der Waals surface area contributed by atoms with Crippen LogP contribution in [0.3, 0.4) is 0 Å². The van der Waals surface area contributed by atoms with Crippen LogP contribution in [0, 0.1) is 6.92 Å². The van der Waals surface area contributed by atoms with E-state index in [1.54, 1.807) is 0 Å². The maximum absolute atomic E-state index is 2.42. The number of fused-ring (bicyclic) bond motifs is 7. The Labute approximate surface area is 183 Å². The summed E-state index contributed by atoms with van der Waals surface area (Å²) in [5.74, 6) is 0. The monoisotopic (exact) mass is 417 g/mol. The van der Waals surface area contributed by atoms with Gasteiger partial charge in [0.2, 0.25) is 11.0 Å². The number of aromatic nitrogens is 2. The van der Waals surface area contributed by atoms with Gasteiger partial charge in [-0.3, -0.25) is 0 Å². The fraction of sp³-hybridized carbons (Fsp3) is 0.107. The molecule has 0 fully saturated rings. The van der Waals surface area contributed by atoms with Gasteiger partial charge < -0.3 is 4.57 Å². The fourth-order valence-corrected chi connectivity index (χ4v) is 6.83. The molecule has 3 heterocycles. The highest BCUT2D eigenvalue weighted by atomic mass is 32.1. The number of hydrogen-bond donors (Lipinski definition) is 0. The second kappa shape index (κ2) is 5.83. The molecule has 0 N–H and O–H groups in total. The molecule has 0 radical (unpaired) electrons. The van der Waals surface area contributed by atoms with Crippen LogP contribution in [0.4, 0.5) is 0 Å². The first-order chi connectivity index (χ1) is 15.1. The molecule has 0 aliphatic heterocycles. The zero-order chi connectivity index (χ0) is 20.9. The van der Waals surface area contributed by atoms with Crippen LogP contribution >= 0.6 is 11.3 Å². The molecule has 0 aliphatic carbocycles. The van der Waals surface area contributed by atoms with Crippen molar-refractivity contribution in [3.8, 4) is 0 Å². The van der Waals surface area contributed by atoms with Gasteiger partial charge in [-0.2, -0.15) is 4.57 Å². The smallest absolute Gasteiger partial charge is 0.221 e. The van der Waals surface area contributed by atoms with E-state index < -0.39 is 0 Å². The SMILES string of the molecule is Cc1c2ccccc2cc2sc3cc4c5ccccc5[n+](C)c4c4ccn(C)c(c12)c34. The van der Waals surface area contributed by atoms with E-state index in [-0.39, 0.29) is 0 Å². The summed E-state index contributed by atoms with van der Waals surface area (Å²) in [6.07, 6.45) is 2.23. The number of hydrogen-bond acceptors (Lipinski definition) is 1. The quantitative estimate of drug-likeness (QED) is 0.141. The fourth-order valence-electron chi connectivity index (χ4n) is 5.56. The van der Waals surface area contributed by atoms with Crippen molar-refractivity contribution in [3.05, 3.63) is 78.5 Å². The standard InChI is InChI=1S/C28H21N2S/c1-16-18-9-5-4-8-17(18)14-23-25(16)28-26-20(12-13-29(28)2)27-21(15-24(26)31-23)19-10-6-7-11-22(19)30(27)3/h4-15H,1-3H3/q+1. The lowest BCUT2D eigenvalue weighted by Crippen LogP contribution is -2.26. The Hall–Kier alpha value is -3.43. The number of para-hydroxylation sites is 1. The Kier molecular flexibility index (Phi) is 3.25. The highest BCUT2D eigenvalue weighted by Gasteiger charge is 2.23. The predicted molar refractivity (Wildman–Crippen MR) is 134 cm³/mol. The van der Waals surface area contributed by atoms with Crippen LogP contribution in [0.15, 0.2) is 72.9 Å². The molecule has 2 nitrogen and oxygen atoms in total. The molecular formula is C28H21N2S+. The van der Waals surface area contributed by atoms with Crippen molar-refractivity contribution in [3.63, 3.8) is 0 Å². The Morgan fingerprint density at radius 3 is 2.39 bits per heavy atom. The van der Waals surface area contributed by atoms with Gasteiger partial charge in [-0.25, -0.2) is 0 Å². The van der Waals surface area contributed by atoms with Crippen LogP contribution < -0.4 is 4.57 Å². The molecule has 31 heavy (non-hydrogen) atoms. The zero-order valence-corrected chi connectivity index (χ0v) is 18.5. The Morgan fingerprint density at radius 2 is 1.52 bits per heavy atom. The van der Waals surface area contributed by atoms with Crippen molar-refractivity contribution in [1.29, 1.82) is 0 Å². The van der Waals surface area contributed by atoms with Gasteiger partial charge in [0.15, 0.2) is 0 Å². The number of aryl methyl sites for hydroxylation is 3. The second-order valence-corrected chi connectivity index (χ2v) is 9.69. The molecule has 0 atom stereocenters. The molecule has 0 saturated heterocycles. The first-order valence-electron chi connectivity index (χ1n) is 10.7. The molecule has 0 saturated carbocycles. The lowest BCUT2D eigenvalue weighted by atomic mass is 9.98. The molecule has 0 spiro atoms. The molecule has 4 aromatic carbocycles. The van der Waals surface area contributed by atoms with Gasteiger partial charge in [-0.1, -0.05) is 36.4 Å². The Bertz CT molecular complexity index is 1870. The minimum absolute atomic E-state index is 1.29. The Morgan fingerprint density at radius 1 is 0.774 bits per heavy atom. The summed E-state index contributed by atoms with van der Waals surface area (Å²) in [4.78, 5) is 0. The largest absolute Gasteiger partial charge is 0.350 e. The maximum atomic E-state index is 2.42. The van der Waals surface area contributed by atoms with Crippen LogP contribution in [-0.4, -0.2) is 4.57 Å². The van der Waals surface area contributed by atoms with Crippen LogP contribution in [0.25, 0.3) is 63.7 Å². The summed E-state index contributed by atoms with van der Waals surface area (Å²) >= 11 is 1.92. The van der Waals surface area contributed by atoms with Gasteiger partial charge in [0.25, 0.3) is 0 Å². The van der Waals surface area contributed by atoms with E-state index >= 15 is 0 Å². The normalized spacial score (nSPS) is 12.4. The lowest BCUT2D eigenvalue weighted by molar-refractivity contribution is -0.615. The molecule has 148 valence electrons. The van der Waals surface area contributed by atoms with E-state index in [0.717, 1.165) is 0 Å². The molecule has 0 bridgehead atoms. The van der Waals surface area contributed by atoms with Crippen molar-refractivity contribution in [1.82, 2.24) is 4.57 Å². The predicted octanol–water partition coefficient (Wildman–Crippen LogP) is 7.14. The van der Waals surface area contributed by atoms with E-state index in [9.17, 15) is 0 Å². The van der Waals surface area contributed by atoms with Gasteiger partial charge >= 0.3 is 0 Å². The van der Waals surface area contributed by atoms with Crippen molar-refractivity contribution in [2.24, 2.45) is 14.1 Å². The molecule has 0 unspecified atom stereocenters. The number of pyridine rings is 1. The van der Waals surface area contributed by atoms with Crippen LogP contribution in [0.2, 0.25) is 0 Å². The van der Waals surface area contributed by atoms with Crippen LogP contribution in [-0.2, 0) is 14.1 Å². The van der Waals surface area contributed by atoms with Crippen molar-refractivity contribution < 1.29 is 4.57 Å². The molecule has 3 aromatic heterocycles. The summed E-state index contributed by atoms with van der Waals surface area (Å²) in [6, 6.07) is 24.6. The average Bonchev–Trinajstić information content (AvgIpc) is 3.07. The van der Waals surface area contributed by atoms with Gasteiger partial charge in [-0.05, 0) is 47.5 Å². The summed E-state index contributed by atoms with van der Waals surface area (Å²) < 4.78 is 7.38. The second-order valence-electron chi connectivity index (χ2n) is 8.61. The third kappa shape index (κ3) is 2.09. The maximum Gasteiger partial charge on any atom is 0.221 e. The highest BCUT2D eigenvalue weighted by molar-refractivity contribution is 7.25. The van der Waals surface area contributed by atoms with E-state index in [4.69, 9.17) is 0 Å². The zero-order valence-electron chi connectivity index (χ0n) is 17.7. The Balaban J connectivity index is 1.84. The minimum atomic E-state index is 1.29. The van der Waals surface area contributed by atoms with E-state index in [2.05, 4.69) is 103 Å². The molecular weight excluding hydrogens is 396 g/mol. The van der Waals surface area contributed by atoms with Gasteiger partial charge in [0.05, 0.1) is 21.7 Å². The number of rotatable bonds is 0. The average molecular weight is 418 g/mol. The summed E-state index contributed by atoms with van der Waals surface area (Å²) in [5.41, 5.74) is 5.31. The lowest BCUT2D eigenvalue weighted by Gasteiger charge is -2.16. The van der Waals surface area contributed by atoms with Crippen molar-refractivity contribution >= 4 is 75.0 Å². The van der Waals surface area contributed by atoms with E-state index in [1.807, 2.05) is 11.3 Å². The van der Waals surface area contributed by atoms with Gasteiger partial charge in [-0.15, -0.1) is 11.3 Å². The van der Waals surface area contributed by atoms with E-state index in [1.165, 1.54) is 69.2 Å². The molecule has 7 rings (SSSR count). The topological polar surface area (TPSA) is 8.81 Å². The third-order valence-corrected chi connectivity index (χ3v) is 8.06. The molecule has 0 amide bonds. The van der Waals surface area contributed by atoms with Crippen molar-refractivity contribution in [2.45, 2.75) is 6.92 Å². The summed E-state index contributed by atoms with van der Waals surface area (Å²) in [5, 5.41) is 9.42. The summed E-state index contributed by atoms with van der Waals surface area (Å²) in [6.45, 7) is 2.28.